The van der Waals surface area contributed by atoms with E-state index in [1.807, 2.05) is 35.6 Å². The number of nitrogens with zero attached hydrogens (tertiary/aromatic N) is 3. The molecule has 1 aliphatic heterocycles. The summed E-state index contributed by atoms with van der Waals surface area (Å²) >= 11 is 1.86. The number of nitrogens with one attached hydrogen (secondary N) is 1. The minimum absolute atomic E-state index is 0.266. The number of para-hydroxylation sites is 1. The van der Waals surface area contributed by atoms with Gasteiger partial charge < -0.3 is 9.88 Å². The van der Waals surface area contributed by atoms with Crippen LogP contribution in [0.15, 0.2) is 143 Å². The van der Waals surface area contributed by atoms with Crippen LogP contribution in [-0.2, 0) is 0 Å². The molecule has 0 bridgehead atoms. The second kappa shape index (κ2) is 10.2. The molecule has 1 aliphatic carbocycles. The van der Waals surface area contributed by atoms with E-state index in [0.29, 0.717) is 0 Å². The van der Waals surface area contributed by atoms with E-state index in [-0.39, 0.29) is 6.17 Å². The van der Waals surface area contributed by atoms with Crippen molar-refractivity contribution < 1.29 is 0 Å². The number of rotatable bonds is 4. The first-order chi connectivity index (χ1) is 21.8. The van der Waals surface area contributed by atoms with Gasteiger partial charge in [-0.05, 0) is 37.1 Å². The molecule has 0 fully saturated rings. The summed E-state index contributed by atoms with van der Waals surface area (Å²) in [7, 11) is 0. The largest absolute Gasteiger partial charge is 0.344 e. The molecule has 0 saturated carbocycles. The summed E-state index contributed by atoms with van der Waals surface area (Å²) in [6.45, 7) is 0. The zero-order valence-corrected chi connectivity index (χ0v) is 24.8. The fourth-order valence-electron chi connectivity index (χ4n) is 6.65. The van der Waals surface area contributed by atoms with Crippen LogP contribution in [0.4, 0.5) is 0 Å². The van der Waals surface area contributed by atoms with Crippen LogP contribution >= 0.6 is 11.3 Å². The predicted octanol–water partition coefficient (Wildman–Crippen LogP) is 9.85. The second-order valence-corrected chi connectivity index (χ2v) is 12.4. The number of allylic oxidation sites excluding steroid dienone is 4. The highest BCUT2D eigenvalue weighted by Crippen LogP contribution is 2.43. The minimum Gasteiger partial charge on any atom is -0.344 e. The Labute approximate surface area is 259 Å². The monoisotopic (exact) mass is 584 g/mol. The highest BCUT2D eigenvalue weighted by atomic mass is 32.1. The molecule has 2 aliphatic rings. The van der Waals surface area contributed by atoms with Crippen LogP contribution < -0.4 is 5.32 Å². The number of thiophene rings is 1. The zero-order valence-electron chi connectivity index (χ0n) is 23.9. The third kappa shape index (κ3) is 4.04. The maximum absolute atomic E-state index is 5.19. The van der Waals surface area contributed by atoms with Gasteiger partial charge in [0, 0.05) is 53.3 Å². The molecular formula is C39H28N4S. The lowest BCUT2D eigenvalue weighted by Crippen LogP contribution is -2.33. The minimum atomic E-state index is -0.266. The third-order valence-electron chi connectivity index (χ3n) is 8.72. The van der Waals surface area contributed by atoms with Crippen LogP contribution in [0, 0.1) is 0 Å². The number of aromatic nitrogens is 1. The van der Waals surface area contributed by atoms with Gasteiger partial charge in [0.2, 0.25) is 0 Å². The number of hydrogen-bond acceptors (Lipinski definition) is 4. The fourth-order valence-corrected chi connectivity index (χ4v) is 7.91. The summed E-state index contributed by atoms with van der Waals surface area (Å²) in [4.78, 5) is 10.2. The van der Waals surface area contributed by atoms with Crippen LogP contribution in [0.3, 0.4) is 0 Å². The second-order valence-electron chi connectivity index (χ2n) is 11.4. The Morgan fingerprint density at radius 3 is 2.30 bits per heavy atom. The van der Waals surface area contributed by atoms with E-state index in [2.05, 4.69) is 119 Å². The first kappa shape index (κ1) is 25.3. The van der Waals surface area contributed by atoms with Crippen molar-refractivity contribution in [3.8, 4) is 0 Å². The van der Waals surface area contributed by atoms with Gasteiger partial charge in [-0.3, -0.25) is 0 Å². The van der Waals surface area contributed by atoms with E-state index in [1.54, 1.807) is 0 Å². The fraction of sp³-hybridized carbons (Fsp3) is 0.0769. The Morgan fingerprint density at radius 1 is 0.705 bits per heavy atom. The van der Waals surface area contributed by atoms with Crippen LogP contribution in [-0.4, -0.2) is 16.2 Å². The molecule has 4 nitrogen and oxygen atoms in total. The van der Waals surface area contributed by atoms with Gasteiger partial charge in [0.1, 0.15) is 12.0 Å². The highest BCUT2D eigenvalue weighted by molar-refractivity contribution is 7.26. The van der Waals surface area contributed by atoms with Crippen molar-refractivity contribution in [1.82, 2.24) is 9.88 Å². The van der Waals surface area contributed by atoms with E-state index >= 15 is 0 Å². The Balaban J connectivity index is 1.25. The van der Waals surface area contributed by atoms with Crippen LogP contribution in [0.2, 0.25) is 0 Å². The zero-order chi connectivity index (χ0) is 29.0. The Kier molecular flexibility index (Phi) is 5.84. The first-order valence-corrected chi connectivity index (χ1v) is 15.9. The third-order valence-corrected chi connectivity index (χ3v) is 9.93. The van der Waals surface area contributed by atoms with Gasteiger partial charge in [0.05, 0.1) is 11.0 Å². The van der Waals surface area contributed by atoms with Crippen molar-refractivity contribution in [3.63, 3.8) is 0 Å². The normalized spacial score (nSPS) is 16.7. The van der Waals surface area contributed by atoms with Crippen molar-refractivity contribution in [2.75, 3.05) is 0 Å². The van der Waals surface area contributed by atoms with Gasteiger partial charge >= 0.3 is 0 Å². The molecule has 1 unspecified atom stereocenters. The van der Waals surface area contributed by atoms with E-state index in [4.69, 9.17) is 9.98 Å². The van der Waals surface area contributed by atoms with Crippen LogP contribution in [0.1, 0.15) is 35.7 Å². The molecule has 3 heterocycles. The number of aliphatic imine (C=N–C) groups is 2. The van der Waals surface area contributed by atoms with E-state index in [1.165, 1.54) is 47.7 Å². The molecule has 9 rings (SSSR count). The lowest BCUT2D eigenvalue weighted by Gasteiger charge is -2.24. The van der Waals surface area contributed by atoms with Gasteiger partial charge in [-0.1, -0.05) is 109 Å². The van der Waals surface area contributed by atoms with Crippen molar-refractivity contribution in [2.24, 2.45) is 9.98 Å². The van der Waals surface area contributed by atoms with Gasteiger partial charge in [-0.2, -0.15) is 0 Å². The quantitative estimate of drug-likeness (QED) is 0.220. The lowest BCUT2D eigenvalue weighted by molar-refractivity contribution is 0.680. The summed E-state index contributed by atoms with van der Waals surface area (Å²) in [5, 5.41) is 8.83. The Morgan fingerprint density at radius 2 is 1.48 bits per heavy atom. The van der Waals surface area contributed by atoms with Crippen LogP contribution in [0.25, 0.3) is 47.7 Å². The van der Waals surface area contributed by atoms with E-state index in [9.17, 15) is 0 Å². The average Bonchev–Trinajstić information content (AvgIpc) is 3.63. The van der Waals surface area contributed by atoms with Crippen molar-refractivity contribution >= 4 is 70.7 Å². The van der Waals surface area contributed by atoms with Gasteiger partial charge in [-0.15, -0.1) is 11.3 Å². The van der Waals surface area contributed by atoms with Crippen LogP contribution in [0.5, 0.6) is 0 Å². The molecule has 0 saturated heterocycles. The summed E-state index contributed by atoms with van der Waals surface area (Å²) in [6, 6.07) is 40.9. The summed E-state index contributed by atoms with van der Waals surface area (Å²) < 4.78 is 5.02. The Hall–Kier alpha value is -5.26. The molecule has 5 heteroatoms. The summed E-state index contributed by atoms with van der Waals surface area (Å²) in [5.74, 6) is 1.58. The van der Waals surface area contributed by atoms with Gasteiger partial charge in [-0.25, -0.2) is 9.98 Å². The predicted molar refractivity (Wildman–Crippen MR) is 187 cm³/mol. The smallest absolute Gasteiger partial charge is 0.159 e. The number of fused-ring (bicyclic) bond motifs is 6. The standard InChI is InChI=1S/C39H28N4S/c1-4-13-25(14-5-1)37-40-38(26-15-6-2-7-16-26)42-39(41-37)30-21-12-20-29-32-23-31-28-19-10-11-22-33(28)43(27-17-8-3-9-18-27)34(31)24-35(32)44-36(29)30/h1-8,10-17,19-24,39H,9,18H2,(H,40,41,42). The molecule has 0 amide bonds. The van der Waals surface area contributed by atoms with E-state index in [0.717, 1.165) is 41.2 Å². The lowest BCUT2D eigenvalue weighted by atomic mass is 10.0. The maximum Gasteiger partial charge on any atom is 0.159 e. The molecule has 7 aromatic rings. The number of hydrogen-bond donors (Lipinski definition) is 1. The van der Waals surface area contributed by atoms with Crippen molar-refractivity contribution in [1.29, 1.82) is 0 Å². The molecule has 1 atom stereocenters. The molecule has 5 aromatic carbocycles. The molecule has 2 aromatic heterocycles. The molecular weight excluding hydrogens is 557 g/mol. The molecule has 44 heavy (non-hydrogen) atoms. The number of benzene rings is 5. The van der Waals surface area contributed by atoms with E-state index < -0.39 is 0 Å². The molecule has 0 radical (unpaired) electrons. The van der Waals surface area contributed by atoms with Gasteiger partial charge in [0.25, 0.3) is 0 Å². The SMILES string of the molecule is C1=CCCC(n2c3ccccc3c3cc4c(cc32)sc2c(C3N=C(c5ccccc5)N=C(c5ccccc5)N3)cccc24)=C1. The summed E-state index contributed by atoms with van der Waals surface area (Å²) in [6.07, 6.45) is 8.56. The Bertz CT molecular complexity index is 2350. The first-order valence-electron chi connectivity index (χ1n) is 15.1. The topological polar surface area (TPSA) is 41.7 Å². The molecule has 0 spiro atoms. The molecule has 210 valence electrons. The maximum atomic E-state index is 5.19. The van der Waals surface area contributed by atoms with Crippen molar-refractivity contribution in [2.45, 2.75) is 19.0 Å². The average molecular weight is 585 g/mol. The highest BCUT2D eigenvalue weighted by Gasteiger charge is 2.24. The number of amidine groups is 2. The van der Waals surface area contributed by atoms with Gasteiger partial charge in [0.15, 0.2) is 5.84 Å². The molecule has 1 N–H and O–H groups in total. The summed E-state index contributed by atoms with van der Waals surface area (Å²) in [5.41, 5.74) is 7.12. The van der Waals surface area contributed by atoms with Crippen molar-refractivity contribution in [3.05, 3.63) is 150 Å².